The lowest BCUT2D eigenvalue weighted by Crippen LogP contribution is -2.26. The standard InChI is InChI=1S/C35H69N2O15P3/c1-5-31(6-2)16-20-48-55(42,43)51-28-32(13-10-11-18-37-35(38)33-14-8-7-9-15-33)27-49-54(4,41)50-30-34(52-53(39)40)29-47-26-25-46-24-23-45-22-21-44-19-12-17-36-3/h8,14-15,31-32,34,36,53H,5-7,9-13,16-30H2,1-4H3,(H,37,38)(H,39,40)(H,42,43). The van der Waals surface area contributed by atoms with Crippen molar-refractivity contribution < 1.29 is 69.8 Å². The van der Waals surface area contributed by atoms with Crippen molar-refractivity contribution in [1.29, 1.82) is 0 Å². The van der Waals surface area contributed by atoms with Crippen molar-refractivity contribution in [1.82, 2.24) is 10.6 Å². The van der Waals surface area contributed by atoms with Gasteiger partial charge in [0, 0.05) is 31.3 Å². The van der Waals surface area contributed by atoms with Gasteiger partial charge in [0.1, 0.15) is 6.10 Å². The van der Waals surface area contributed by atoms with Crippen molar-refractivity contribution in [2.45, 2.75) is 77.7 Å². The normalized spacial score (nSPS) is 17.0. The first-order chi connectivity index (χ1) is 26.4. The minimum atomic E-state index is -4.36. The van der Waals surface area contributed by atoms with E-state index in [9.17, 15) is 28.3 Å². The zero-order chi connectivity index (χ0) is 40.6. The SMILES string of the molecule is CCC(CC)CCOP(=O)(O)OCC(CCCCNC(=O)C1=CCCC=C1)COP(C)(=O)OCC(COCCOCCOCCOCCCNC)O[PH](=O)O. The number of nitrogens with one attached hydrogen (secondary N) is 2. The lowest BCUT2D eigenvalue weighted by atomic mass is 10.0. The Hall–Kier alpha value is -0.840. The van der Waals surface area contributed by atoms with E-state index >= 15 is 0 Å². The first kappa shape index (κ1) is 52.2. The lowest BCUT2D eigenvalue weighted by molar-refractivity contribution is -0.117. The zero-order valence-electron chi connectivity index (χ0n) is 33.3. The maximum absolute atomic E-state index is 13.2. The van der Waals surface area contributed by atoms with Crippen LogP contribution in [0.1, 0.15) is 71.6 Å². The largest absolute Gasteiger partial charge is 0.472 e. The lowest BCUT2D eigenvalue weighted by Gasteiger charge is -2.23. The molecule has 1 aliphatic rings. The van der Waals surface area contributed by atoms with Gasteiger partial charge in [-0.05, 0) is 58.0 Å². The van der Waals surface area contributed by atoms with Gasteiger partial charge < -0.3 is 52.9 Å². The number of phosphoric acid groups is 1. The smallest absolute Gasteiger partial charge is 0.379 e. The second kappa shape index (κ2) is 33.0. The fourth-order valence-electron chi connectivity index (χ4n) is 5.11. The summed E-state index contributed by atoms with van der Waals surface area (Å²) in [4.78, 5) is 32.0. The molecule has 0 radical (unpaired) electrons. The van der Waals surface area contributed by atoms with E-state index < -0.39 is 35.7 Å². The highest BCUT2D eigenvalue weighted by Gasteiger charge is 2.27. The zero-order valence-corrected chi connectivity index (χ0v) is 36.1. The summed E-state index contributed by atoms with van der Waals surface area (Å²) in [5.41, 5.74) is 0.637. The van der Waals surface area contributed by atoms with Crippen LogP contribution in [0.2, 0.25) is 0 Å². The maximum Gasteiger partial charge on any atom is 0.472 e. The summed E-state index contributed by atoms with van der Waals surface area (Å²) in [6.07, 6.45) is 11.5. The van der Waals surface area contributed by atoms with Crippen LogP contribution < -0.4 is 10.6 Å². The van der Waals surface area contributed by atoms with Crippen LogP contribution in [0.3, 0.4) is 0 Å². The van der Waals surface area contributed by atoms with Crippen LogP contribution in [0.5, 0.6) is 0 Å². The van der Waals surface area contributed by atoms with Gasteiger partial charge in [-0.15, -0.1) is 0 Å². The van der Waals surface area contributed by atoms with Crippen molar-refractivity contribution in [3.63, 3.8) is 0 Å². The topological polar surface area (TPSA) is 216 Å². The Labute approximate surface area is 329 Å². The van der Waals surface area contributed by atoms with Gasteiger partial charge in [0.2, 0.25) is 0 Å². The molecule has 5 atom stereocenters. The van der Waals surface area contributed by atoms with Crippen molar-refractivity contribution in [2.75, 3.05) is 106 Å². The average molecular weight is 851 g/mol. The molecule has 0 bridgehead atoms. The molecule has 0 aromatic carbocycles. The third-order valence-electron chi connectivity index (χ3n) is 8.43. The molecule has 0 aromatic rings. The van der Waals surface area contributed by atoms with Crippen LogP contribution in [0.4, 0.5) is 0 Å². The highest BCUT2D eigenvalue weighted by atomic mass is 31.2. The maximum atomic E-state index is 13.2. The Bertz CT molecular complexity index is 1180. The number of hydrogen-bond acceptors (Lipinski definition) is 14. The van der Waals surface area contributed by atoms with E-state index in [1.807, 2.05) is 25.3 Å². The molecule has 0 heterocycles. The van der Waals surface area contributed by atoms with Gasteiger partial charge in [0.05, 0.1) is 72.7 Å². The van der Waals surface area contributed by atoms with Crippen LogP contribution in [0.25, 0.3) is 0 Å². The van der Waals surface area contributed by atoms with Gasteiger partial charge in [-0.3, -0.25) is 23.0 Å². The highest BCUT2D eigenvalue weighted by Crippen LogP contribution is 2.47. The second-order valence-corrected chi connectivity index (χ2v) is 17.3. The third-order valence-corrected chi connectivity index (χ3v) is 11.2. The van der Waals surface area contributed by atoms with Crippen molar-refractivity contribution in [3.05, 3.63) is 23.8 Å². The van der Waals surface area contributed by atoms with Crippen molar-refractivity contribution in [2.24, 2.45) is 11.8 Å². The first-order valence-corrected chi connectivity index (χ1v) is 24.1. The molecule has 0 fully saturated rings. The average Bonchev–Trinajstić information content (AvgIpc) is 3.16. The molecule has 20 heteroatoms. The molecule has 4 N–H and O–H groups in total. The molecule has 1 rings (SSSR count). The molecule has 55 heavy (non-hydrogen) atoms. The molecule has 0 saturated carbocycles. The predicted molar refractivity (Wildman–Crippen MR) is 211 cm³/mol. The van der Waals surface area contributed by atoms with Crippen molar-refractivity contribution >= 4 is 29.6 Å². The Morgan fingerprint density at radius 1 is 0.782 bits per heavy atom. The molecule has 17 nitrogen and oxygen atoms in total. The number of rotatable bonds is 38. The number of hydrogen-bond donors (Lipinski definition) is 4. The molecule has 1 amide bonds. The molecule has 0 saturated heterocycles. The summed E-state index contributed by atoms with van der Waals surface area (Å²) < 4.78 is 85.8. The summed E-state index contributed by atoms with van der Waals surface area (Å²) in [6.45, 7) is 8.72. The summed E-state index contributed by atoms with van der Waals surface area (Å²) in [5.74, 6) is -0.243. The van der Waals surface area contributed by atoms with E-state index in [2.05, 4.69) is 24.5 Å². The van der Waals surface area contributed by atoms with Gasteiger partial charge >= 0.3 is 23.7 Å². The number of amides is 1. The molecule has 0 aliphatic heterocycles. The number of carbonyl (C=O) groups is 1. The fraction of sp³-hybridized carbons (Fsp3) is 0.857. The number of allylic oxidation sites excluding steroid dienone is 2. The second-order valence-electron chi connectivity index (χ2n) is 13.1. The molecule has 5 unspecified atom stereocenters. The quantitative estimate of drug-likeness (QED) is 0.0450. The molecule has 0 aromatic heterocycles. The number of ether oxygens (including phenoxy) is 4. The summed E-state index contributed by atoms with van der Waals surface area (Å²) >= 11 is 0. The first-order valence-electron chi connectivity index (χ1n) is 19.4. The Morgan fingerprint density at radius 2 is 1.42 bits per heavy atom. The molecular formula is C35H69N2O15P3. The summed E-state index contributed by atoms with van der Waals surface area (Å²) in [5, 5.41) is 5.95. The van der Waals surface area contributed by atoms with Crippen LogP contribution in [0, 0.1) is 11.8 Å². The summed E-state index contributed by atoms with van der Waals surface area (Å²) in [7, 11) is -9.57. The van der Waals surface area contributed by atoms with Crippen LogP contribution in [-0.4, -0.2) is 128 Å². The predicted octanol–water partition coefficient (Wildman–Crippen LogP) is 5.42. The molecular weight excluding hydrogens is 781 g/mol. The molecule has 1 aliphatic carbocycles. The van der Waals surface area contributed by atoms with Gasteiger partial charge in [-0.1, -0.05) is 51.3 Å². The Morgan fingerprint density at radius 3 is 2.04 bits per heavy atom. The van der Waals surface area contributed by atoms with E-state index in [0.717, 1.165) is 38.6 Å². The third kappa shape index (κ3) is 29.9. The number of carbonyl (C=O) groups excluding carboxylic acids is 1. The Balaban J connectivity index is 2.54. The van der Waals surface area contributed by atoms with E-state index in [1.165, 1.54) is 6.66 Å². The van der Waals surface area contributed by atoms with Crippen LogP contribution in [0.15, 0.2) is 23.8 Å². The highest BCUT2D eigenvalue weighted by molar-refractivity contribution is 7.53. The van der Waals surface area contributed by atoms with Gasteiger partial charge in [-0.25, -0.2) is 4.57 Å². The number of unbranched alkanes of at least 4 members (excludes halogenated alkanes) is 1. The molecule has 324 valence electrons. The minimum Gasteiger partial charge on any atom is -0.379 e. The van der Waals surface area contributed by atoms with E-state index in [0.29, 0.717) is 76.8 Å². The fourth-order valence-corrected chi connectivity index (χ4v) is 7.33. The number of phosphoric ester groups is 1. The van der Waals surface area contributed by atoms with Crippen LogP contribution >= 0.6 is 23.7 Å². The van der Waals surface area contributed by atoms with E-state index in [-0.39, 0.29) is 52.2 Å². The monoisotopic (exact) mass is 850 g/mol. The minimum absolute atomic E-state index is 0.0772. The summed E-state index contributed by atoms with van der Waals surface area (Å²) in [6, 6.07) is 0. The molecule has 0 spiro atoms. The van der Waals surface area contributed by atoms with E-state index in [4.69, 9.17) is 41.6 Å². The van der Waals surface area contributed by atoms with Gasteiger partial charge in [0.25, 0.3) is 5.91 Å². The van der Waals surface area contributed by atoms with Crippen molar-refractivity contribution in [3.8, 4) is 0 Å². The van der Waals surface area contributed by atoms with Gasteiger partial charge in [0.15, 0.2) is 0 Å². The van der Waals surface area contributed by atoms with Gasteiger partial charge in [-0.2, -0.15) is 0 Å². The Kier molecular flexibility index (Phi) is 31.3. The van der Waals surface area contributed by atoms with Crippen LogP contribution in [-0.2, 0) is 60.1 Å². The van der Waals surface area contributed by atoms with E-state index in [1.54, 1.807) is 0 Å².